The Bertz CT molecular complexity index is 686. The first-order valence-electron chi connectivity index (χ1n) is 6.59. The third-order valence-electron chi connectivity index (χ3n) is 2.89. The highest BCUT2D eigenvalue weighted by molar-refractivity contribution is 7.85. The number of halogens is 1. The van der Waals surface area contributed by atoms with Crippen molar-refractivity contribution in [2.75, 3.05) is 12.3 Å². The molecule has 22 heavy (non-hydrogen) atoms. The number of Topliss-reactive ketones (excluding diaryl/α,β-unsaturated/α-hetero) is 1. The number of ketones is 1. The van der Waals surface area contributed by atoms with Crippen LogP contribution in [0.15, 0.2) is 59.5 Å². The van der Waals surface area contributed by atoms with Crippen molar-refractivity contribution in [3.05, 3.63) is 65.2 Å². The molecule has 0 saturated carbocycles. The lowest BCUT2D eigenvalue weighted by molar-refractivity contribution is -0.116. The van der Waals surface area contributed by atoms with E-state index in [2.05, 4.69) is 5.32 Å². The van der Waals surface area contributed by atoms with Gasteiger partial charge in [0.1, 0.15) is 0 Å². The second kappa shape index (κ2) is 7.87. The Hall–Kier alpha value is -1.98. The van der Waals surface area contributed by atoms with Gasteiger partial charge in [-0.25, -0.2) is 0 Å². The van der Waals surface area contributed by atoms with Gasteiger partial charge in [0.05, 0.1) is 10.8 Å². The van der Waals surface area contributed by atoms with E-state index in [1.165, 1.54) is 12.1 Å². The summed E-state index contributed by atoms with van der Waals surface area (Å²) in [6.45, 7) is 0.166. The number of amides is 1. The summed E-state index contributed by atoms with van der Waals surface area (Å²) in [4.78, 5) is 24.3. The predicted molar refractivity (Wildman–Crippen MR) is 86.5 cm³/mol. The second-order valence-corrected chi connectivity index (χ2v) is 6.46. The first-order valence-corrected chi connectivity index (χ1v) is 8.29. The number of hydrogen-bond acceptors (Lipinski definition) is 3. The summed E-state index contributed by atoms with van der Waals surface area (Å²) in [7, 11) is -1.20. The van der Waals surface area contributed by atoms with Crippen molar-refractivity contribution < 1.29 is 13.8 Å². The van der Waals surface area contributed by atoms with Crippen LogP contribution >= 0.6 is 11.6 Å². The molecule has 0 heterocycles. The van der Waals surface area contributed by atoms with Gasteiger partial charge >= 0.3 is 0 Å². The minimum Gasteiger partial charge on any atom is -0.348 e. The highest BCUT2D eigenvalue weighted by atomic mass is 35.5. The largest absolute Gasteiger partial charge is 0.348 e. The summed E-state index contributed by atoms with van der Waals surface area (Å²) < 4.78 is 12.0. The molecule has 0 saturated heterocycles. The second-order valence-electron chi connectivity index (χ2n) is 4.45. The summed E-state index contributed by atoms with van der Waals surface area (Å²) in [6.07, 6.45) is 0. The summed E-state index contributed by atoms with van der Waals surface area (Å²) in [6, 6.07) is 15.0. The van der Waals surface area contributed by atoms with E-state index in [9.17, 15) is 13.8 Å². The van der Waals surface area contributed by atoms with Crippen LogP contribution in [0.25, 0.3) is 0 Å². The van der Waals surface area contributed by atoms with Gasteiger partial charge in [0, 0.05) is 27.8 Å². The molecule has 1 atom stereocenters. The Morgan fingerprint density at radius 3 is 2.27 bits per heavy atom. The molecule has 0 aromatic heterocycles. The minimum atomic E-state index is -1.20. The fourth-order valence-corrected chi connectivity index (χ4v) is 2.87. The normalized spacial score (nSPS) is 11.7. The maximum atomic E-state index is 12.0. The number of benzene rings is 2. The standard InChI is InChI=1S/C16H14ClNO3S/c17-13-8-6-12(7-9-13)15(19)16(20)18-10-11-22(21)14-4-2-1-3-5-14/h1-9H,10-11H2,(H,18,20)/t22-/m1/s1. The fraction of sp³-hybridized carbons (Fsp3) is 0.125. The monoisotopic (exact) mass is 335 g/mol. The lowest BCUT2D eigenvalue weighted by atomic mass is 10.1. The van der Waals surface area contributed by atoms with E-state index in [1.54, 1.807) is 36.4 Å². The van der Waals surface area contributed by atoms with Crippen LogP contribution in [0.2, 0.25) is 5.02 Å². The molecule has 0 spiro atoms. The third kappa shape index (κ3) is 4.51. The molecule has 0 aliphatic carbocycles. The third-order valence-corrected chi connectivity index (χ3v) is 4.52. The molecular formula is C16H14ClNO3S. The first kappa shape index (κ1) is 16.4. The molecule has 2 rings (SSSR count). The molecular weight excluding hydrogens is 322 g/mol. The average molecular weight is 336 g/mol. The lowest BCUT2D eigenvalue weighted by Gasteiger charge is -2.05. The van der Waals surface area contributed by atoms with Crippen LogP contribution in [-0.2, 0) is 15.6 Å². The van der Waals surface area contributed by atoms with Gasteiger partial charge in [-0.05, 0) is 36.4 Å². The number of carbonyl (C=O) groups excluding carboxylic acids is 2. The molecule has 0 unspecified atom stereocenters. The molecule has 0 aliphatic rings. The summed E-state index contributed by atoms with van der Waals surface area (Å²) in [5.74, 6) is -1.10. The molecule has 2 aromatic rings. The van der Waals surface area contributed by atoms with E-state index < -0.39 is 22.5 Å². The zero-order chi connectivity index (χ0) is 15.9. The van der Waals surface area contributed by atoms with Crippen LogP contribution in [0.1, 0.15) is 10.4 Å². The van der Waals surface area contributed by atoms with Crippen LogP contribution in [0.4, 0.5) is 0 Å². The van der Waals surface area contributed by atoms with Crippen molar-refractivity contribution in [3.63, 3.8) is 0 Å². The van der Waals surface area contributed by atoms with Crippen LogP contribution < -0.4 is 5.32 Å². The maximum absolute atomic E-state index is 12.0. The van der Waals surface area contributed by atoms with E-state index >= 15 is 0 Å². The molecule has 114 valence electrons. The summed E-state index contributed by atoms with van der Waals surface area (Å²) in [5.41, 5.74) is 0.270. The van der Waals surface area contributed by atoms with Crippen molar-refractivity contribution in [1.82, 2.24) is 5.32 Å². The van der Waals surface area contributed by atoms with Gasteiger partial charge in [0.25, 0.3) is 5.91 Å². The molecule has 0 fully saturated rings. The zero-order valence-electron chi connectivity index (χ0n) is 11.6. The number of carbonyl (C=O) groups is 2. The number of hydrogen-bond donors (Lipinski definition) is 1. The maximum Gasteiger partial charge on any atom is 0.292 e. The van der Waals surface area contributed by atoms with Gasteiger partial charge in [0.2, 0.25) is 5.78 Å². The highest BCUT2D eigenvalue weighted by Gasteiger charge is 2.15. The SMILES string of the molecule is O=C(NCC[S@@](=O)c1ccccc1)C(=O)c1ccc(Cl)cc1. The highest BCUT2D eigenvalue weighted by Crippen LogP contribution is 2.10. The van der Waals surface area contributed by atoms with Crippen molar-refractivity contribution in [3.8, 4) is 0 Å². The van der Waals surface area contributed by atoms with Crippen LogP contribution in [-0.4, -0.2) is 28.2 Å². The summed E-state index contributed by atoms with van der Waals surface area (Å²) in [5, 5.41) is 2.98. The average Bonchev–Trinajstić information content (AvgIpc) is 2.55. The summed E-state index contributed by atoms with van der Waals surface area (Å²) >= 11 is 5.73. The molecule has 6 heteroatoms. The fourth-order valence-electron chi connectivity index (χ4n) is 1.76. The molecule has 1 amide bonds. The number of rotatable bonds is 6. The van der Waals surface area contributed by atoms with Gasteiger partial charge in [-0.3, -0.25) is 13.8 Å². The zero-order valence-corrected chi connectivity index (χ0v) is 13.2. The van der Waals surface area contributed by atoms with E-state index in [1.807, 2.05) is 6.07 Å². The first-order chi connectivity index (χ1) is 10.6. The van der Waals surface area contributed by atoms with Crippen molar-refractivity contribution in [1.29, 1.82) is 0 Å². The van der Waals surface area contributed by atoms with Crippen molar-refractivity contribution in [2.45, 2.75) is 4.90 Å². The number of nitrogens with one attached hydrogen (secondary N) is 1. The van der Waals surface area contributed by atoms with Gasteiger partial charge in [-0.15, -0.1) is 0 Å². The van der Waals surface area contributed by atoms with Gasteiger partial charge in [-0.2, -0.15) is 0 Å². The molecule has 0 radical (unpaired) electrons. The molecule has 2 aromatic carbocycles. The molecule has 4 nitrogen and oxygen atoms in total. The van der Waals surface area contributed by atoms with E-state index in [4.69, 9.17) is 11.6 Å². The Balaban J connectivity index is 1.84. The topological polar surface area (TPSA) is 63.2 Å². The smallest absolute Gasteiger partial charge is 0.292 e. The minimum absolute atomic E-state index is 0.166. The van der Waals surface area contributed by atoms with Crippen LogP contribution in [0.5, 0.6) is 0 Å². The van der Waals surface area contributed by atoms with Crippen LogP contribution in [0, 0.1) is 0 Å². The molecule has 0 bridgehead atoms. The quantitative estimate of drug-likeness (QED) is 0.651. The van der Waals surface area contributed by atoms with Gasteiger partial charge in [-0.1, -0.05) is 29.8 Å². The van der Waals surface area contributed by atoms with Gasteiger partial charge in [0.15, 0.2) is 0 Å². The Morgan fingerprint density at radius 1 is 1.00 bits per heavy atom. The van der Waals surface area contributed by atoms with E-state index in [0.717, 1.165) is 0 Å². The Morgan fingerprint density at radius 2 is 1.64 bits per heavy atom. The van der Waals surface area contributed by atoms with E-state index in [-0.39, 0.29) is 17.9 Å². The molecule has 1 N–H and O–H groups in total. The molecule has 0 aliphatic heterocycles. The predicted octanol–water partition coefficient (Wildman–Crippen LogP) is 2.45. The van der Waals surface area contributed by atoms with Crippen molar-refractivity contribution >= 4 is 34.1 Å². The van der Waals surface area contributed by atoms with Crippen LogP contribution in [0.3, 0.4) is 0 Å². The Labute approximate surface area is 135 Å². The van der Waals surface area contributed by atoms with Gasteiger partial charge < -0.3 is 5.32 Å². The lowest BCUT2D eigenvalue weighted by Crippen LogP contribution is -2.33. The van der Waals surface area contributed by atoms with E-state index in [0.29, 0.717) is 9.92 Å². The Kier molecular flexibility index (Phi) is 5.86. The van der Waals surface area contributed by atoms with Crippen molar-refractivity contribution in [2.24, 2.45) is 0 Å².